The Bertz CT molecular complexity index is 466. The van der Waals surface area contributed by atoms with Gasteiger partial charge in [0.2, 0.25) is 0 Å². The van der Waals surface area contributed by atoms with Crippen molar-refractivity contribution >= 4 is 24.1 Å². The molecule has 0 aliphatic rings. The van der Waals surface area contributed by atoms with Crippen molar-refractivity contribution in [2.75, 3.05) is 19.7 Å². The second-order valence-corrected chi connectivity index (χ2v) is 4.64. The summed E-state index contributed by atoms with van der Waals surface area (Å²) in [6, 6.07) is 7.03. The van der Waals surface area contributed by atoms with Crippen LogP contribution in [-0.2, 0) is 4.79 Å². The minimum Gasteiger partial charge on any atom is -0.484 e. The van der Waals surface area contributed by atoms with Crippen LogP contribution in [0.15, 0.2) is 24.3 Å². The van der Waals surface area contributed by atoms with Gasteiger partial charge in [-0.3, -0.25) is 9.59 Å². The summed E-state index contributed by atoms with van der Waals surface area (Å²) in [5.41, 5.74) is 0.573. The average Bonchev–Trinajstić information content (AvgIpc) is 2.43. The maximum atomic E-state index is 11.6. The van der Waals surface area contributed by atoms with Gasteiger partial charge in [-0.2, -0.15) is 0 Å². The average molecular weight is 315 g/mol. The summed E-state index contributed by atoms with van der Waals surface area (Å²) in [7, 11) is 0. The Morgan fingerprint density at radius 2 is 2.05 bits per heavy atom. The Morgan fingerprint density at radius 1 is 1.33 bits per heavy atom. The first-order valence-electron chi connectivity index (χ1n) is 6.76. The van der Waals surface area contributed by atoms with Gasteiger partial charge in [0.25, 0.3) is 5.91 Å². The maximum absolute atomic E-state index is 11.6. The number of hydrogen-bond donors (Lipinski definition) is 2. The van der Waals surface area contributed by atoms with E-state index >= 15 is 0 Å². The normalized spacial score (nSPS) is 11.2. The standard InChI is InChI=1S/C15H22N2O3.ClH/c1-4-16-11(2)9-17-15(19)10-20-14-7-5-6-13(8-14)12(3)18;/h5-8,11,16H,4,9-10H2,1-3H3,(H,17,19);1H/t11-;/m1./s1. The fourth-order valence-corrected chi connectivity index (χ4v) is 1.69. The predicted molar refractivity (Wildman–Crippen MR) is 85.3 cm³/mol. The van der Waals surface area contributed by atoms with E-state index < -0.39 is 0 Å². The molecule has 0 aliphatic carbocycles. The summed E-state index contributed by atoms with van der Waals surface area (Å²) in [5.74, 6) is 0.315. The highest BCUT2D eigenvalue weighted by molar-refractivity contribution is 5.94. The summed E-state index contributed by atoms with van der Waals surface area (Å²) in [4.78, 5) is 22.8. The number of ketones is 1. The molecule has 0 spiro atoms. The van der Waals surface area contributed by atoms with E-state index in [4.69, 9.17) is 4.74 Å². The third-order valence-corrected chi connectivity index (χ3v) is 2.77. The highest BCUT2D eigenvalue weighted by atomic mass is 35.5. The molecule has 1 amide bonds. The smallest absolute Gasteiger partial charge is 0.257 e. The van der Waals surface area contributed by atoms with E-state index in [1.807, 2.05) is 13.8 Å². The second kappa shape index (κ2) is 10.2. The summed E-state index contributed by atoms with van der Waals surface area (Å²) in [6.07, 6.45) is 0. The number of Topliss-reactive ketones (excluding diaryl/α,β-unsaturated/α-hetero) is 1. The molecule has 0 fully saturated rings. The second-order valence-electron chi connectivity index (χ2n) is 4.64. The van der Waals surface area contributed by atoms with Crippen molar-refractivity contribution in [3.05, 3.63) is 29.8 Å². The first kappa shape index (κ1) is 19.4. The minimum absolute atomic E-state index is 0. The molecule has 2 N–H and O–H groups in total. The Morgan fingerprint density at radius 3 is 2.67 bits per heavy atom. The Balaban J connectivity index is 0.00000400. The number of likely N-dealkylation sites (N-methyl/N-ethyl adjacent to an activating group) is 1. The zero-order chi connectivity index (χ0) is 15.0. The summed E-state index contributed by atoms with van der Waals surface area (Å²) in [6.45, 7) is 6.88. The quantitative estimate of drug-likeness (QED) is 0.718. The number of nitrogens with one attached hydrogen (secondary N) is 2. The molecule has 0 unspecified atom stereocenters. The lowest BCUT2D eigenvalue weighted by atomic mass is 10.1. The first-order valence-corrected chi connectivity index (χ1v) is 6.76. The molecule has 0 heterocycles. The van der Waals surface area contributed by atoms with Gasteiger partial charge in [-0.25, -0.2) is 0 Å². The molecule has 1 aromatic carbocycles. The summed E-state index contributed by atoms with van der Waals surface area (Å²) >= 11 is 0. The molecule has 0 bridgehead atoms. The zero-order valence-corrected chi connectivity index (χ0v) is 13.5. The largest absolute Gasteiger partial charge is 0.484 e. The van der Waals surface area contributed by atoms with Gasteiger partial charge in [-0.05, 0) is 32.5 Å². The van der Waals surface area contributed by atoms with Crippen molar-refractivity contribution in [3.8, 4) is 5.75 Å². The van der Waals surface area contributed by atoms with Crippen LogP contribution in [0, 0.1) is 0 Å². The van der Waals surface area contributed by atoms with Crippen molar-refractivity contribution < 1.29 is 14.3 Å². The molecule has 1 atom stereocenters. The van der Waals surface area contributed by atoms with Crippen molar-refractivity contribution in [1.29, 1.82) is 0 Å². The van der Waals surface area contributed by atoms with Crippen molar-refractivity contribution in [2.24, 2.45) is 0 Å². The van der Waals surface area contributed by atoms with E-state index in [1.54, 1.807) is 24.3 Å². The molecule has 1 aromatic rings. The van der Waals surface area contributed by atoms with Crippen LogP contribution >= 0.6 is 12.4 Å². The highest BCUT2D eigenvalue weighted by Crippen LogP contribution is 2.13. The molecule has 21 heavy (non-hydrogen) atoms. The van der Waals surface area contributed by atoms with Crippen LogP contribution in [0.25, 0.3) is 0 Å². The minimum atomic E-state index is -0.178. The number of amides is 1. The summed E-state index contributed by atoms with van der Waals surface area (Å²) < 4.78 is 5.37. The Hall–Kier alpha value is -1.59. The highest BCUT2D eigenvalue weighted by Gasteiger charge is 2.06. The first-order chi connectivity index (χ1) is 9.52. The van der Waals surface area contributed by atoms with Gasteiger partial charge in [-0.15, -0.1) is 12.4 Å². The molecular weight excluding hydrogens is 292 g/mol. The number of carbonyl (C=O) groups is 2. The van der Waals surface area contributed by atoms with Crippen LogP contribution in [-0.4, -0.2) is 37.4 Å². The van der Waals surface area contributed by atoms with Gasteiger partial charge in [0.05, 0.1) is 0 Å². The van der Waals surface area contributed by atoms with Crippen LogP contribution in [0.2, 0.25) is 0 Å². The molecule has 5 nitrogen and oxygen atoms in total. The number of hydrogen-bond acceptors (Lipinski definition) is 4. The van der Waals surface area contributed by atoms with Crippen LogP contribution in [0.1, 0.15) is 31.1 Å². The lowest BCUT2D eigenvalue weighted by Gasteiger charge is -2.13. The van der Waals surface area contributed by atoms with E-state index in [9.17, 15) is 9.59 Å². The van der Waals surface area contributed by atoms with Gasteiger partial charge in [-0.1, -0.05) is 19.1 Å². The maximum Gasteiger partial charge on any atom is 0.257 e. The van der Waals surface area contributed by atoms with E-state index in [1.165, 1.54) is 6.92 Å². The molecule has 0 aromatic heterocycles. The molecule has 1 rings (SSSR count). The van der Waals surface area contributed by atoms with Crippen LogP contribution < -0.4 is 15.4 Å². The number of rotatable bonds is 8. The monoisotopic (exact) mass is 314 g/mol. The van der Waals surface area contributed by atoms with E-state index in [0.717, 1.165) is 6.54 Å². The van der Waals surface area contributed by atoms with Crippen molar-refractivity contribution in [1.82, 2.24) is 10.6 Å². The number of ether oxygens (including phenoxy) is 1. The lowest BCUT2D eigenvalue weighted by molar-refractivity contribution is -0.123. The molecular formula is C15H23ClN2O3. The molecule has 118 valence electrons. The number of benzene rings is 1. The topological polar surface area (TPSA) is 67.4 Å². The van der Waals surface area contributed by atoms with Gasteiger partial charge in [0.15, 0.2) is 12.4 Å². The van der Waals surface area contributed by atoms with Gasteiger partial charge in [0, 0.05) is 18.2 Å². The number of halogens is 1. The SMILES string of the molecule is CCN[C@H](C)CNC(=O)COc1cccc(C(C)=O)c1.Cl. The van der Waals surface area contributed by atoms with Crippen LogP contribution in [0.3, 0.4) is 0 Å². The molecule has 0 aliphatic heterocycles. The van der Waals surface area contributed by atoms with Crippen LogP contribution in [0.5, 0.6) is 5.75 Å². The number of carbonyl (C=O) groups excluding carboxylic acids is 2. The lowest BCUT2D eigenvalue weighted by Crippen LogP contribution is -2.40. The van der Waals surface area contributed by atoms with Gasteiger partial charge >= 0.3 is 0 Å². The van der Waals surface area contributed by atoms with E-state index in [2.05, 4.69) is 10.6 Å². The van der Waals surface area contributed by atoms with E-state index in [0.29, 0.717) is 17.9 Å². The predicted octanol–water partition coefficient (Wildman–Crippen LogP) is 1.80. The molecule has 0 saturated heterocycles. The molecule has 0 radical (unpaired) electrons. The summed E-state index contributed by atoms with van der Waals surface area (Å²) in [5, 5.41) is 5.98. The molecule has 6 heteroatoms. The van der Waals surface area contributed by atoms with Crippen molar-refractivity contribution in [2.45, 2.75) is 26.8 Å². The van der Waals surface area contributed by atoms with Gasteiger partial charge in [0.1, 0.15) is 5.75 Å². The fourth-order valence-electron chi connectivity index (χ4n) is 1.69. The Labute approximate surface area is 131 Å². The van der Waals surface area contributed by atoms with Crippen molar-refractivity contribution in [3.63, 3.8) is 0 Å². The van der Waals surface area contributed by atoms with E-state index in [-0.39, 0.29) is 36.7 Å². The van der Waals surface area contributed by atoms with Crippen LogP contribution in [0.4, 0.5) is 0 Å². The fraction of sp³-hybridized carbons (Fsp3) is 0.467. The molecule has 0 saturated carbocycles. The Kier molecular flexibility index (Phi) is 9.41. The zero-order valence-electron chi connectivity index (χ0n) is 12.6. The third kappa shape index (κ3) is 7.68. The van der Waals surface area contributed by atoms with Gasteiger partial charge < -0.3 is 15.4 Å². The third-order valence-electron chi connectivity index (χ3n) is 2.77.